The van der Waals surface area contributed by atoms with E-state index in [1.807, 2.05) is 6.07 Å². The first-order valence-electron chi connectivity index (χ1n) is 4.81. The van der Waals surface area contributed by atoms with Crippen LogP contribution in [-0.2, 0) is 0 Å². The van der Waals surface area contributed by atoms with Gasteiger partial charge in [0.15, 0.2) is 11.6 Å². The molecule has 1 atom stereocenters. The summed E-state index contributed by atoms with van der Waals surface area (Å²) in [4.78, 5) is 0. The zero-order chi connectivity index (χ0) is 10.8. The second kappa shape index (κ2) is 3.95. The van der Waals surface area contributed by atoms with E-state index in [-0.39, 0.29) is 0 Å². The van der Waals surface area contributed by atoms with Gasteiger partial charge >= 0.3 is 0 Å². The molecule has 0 aliphatic heterocycles. The van der Waals surface area contributed by atoms with Crippen molar-refractivity contribution < 1.29 is 8.78 Å². The van der Waals surface area contributed by atoms with Gasteiger partial charge in [-0.3, -0.25) is 5.32 Å². The maximum Gasteiger partial charge on any atom is 0.159 e. The summed E-state index contributed by atoms with van der Waals surface area (Å²) in [7, 11) is 0. The predicted molar refractivity (Wildman–Crippen MR) is 50.9 cm³/mol. The summed E-state index contributed by atoms with van der Waals surface area (Å²) in [6.45, 7) is 0. The summed E-state index contributed by atoms with van der Waals surface area (Å²) in [5.74, 6) is -1.80. The van der Waals surface area contributed by atoms with E-state index in [0.29, 0.717) is 11.6 Å². The third-order valence-electron chi connectivity index (χ3n) is 2.39. The quantitative estimate of drug-likeness (QED) is 0.827. The van der Waals surface area contributed by atoms with Gasteiger partial charge in [-0.2, -0.15) is 5.26 Å². The van der Waals surface area contributed by atoms with Gasteiger partial charge in [-0.25, -0.2) is 8.78 Å². The van der Waals surface area contributed by atoms with E-state index in [0.717, 1.165) is 25.0 Å². The molecule has 0 amide bonds. The molecule has 1 aliphatic carbocycles. The molecule has 1 aromatic carbocycles. The molecule has 15 heavy (non-hydrogen) atoms. The van der Waals surface area contributed by atoms with Crippen LogP contribution in [0.3, 0.4) is 0 Å². The number of halogens is 2. The van der Waals surface area contributed by atoms with Crippen LogP contribution in [0.4, 0.5) is 8.78 Å². The van der Waals surface area contributed by atoms with Crippen LogP contribution in [0.5, 0.6) is 0 Å². The normalized spacial score (nSPS) is 17.1. The first-order valence-corrected chi connectivity index (χ1v) is 4.81. The summed E-state index contributed by atoms with van der Waals surface area (Å²) < 4.78 is 25.6. The first-order chi connectivity index (χ1) is 7.20. The summed E-state index contributed by atoms with van der Waals surface area (Å²) in [6, 6.07) is 5.38. The highest BCUT2D eigenvalue weighted by Crippen LogP contribution is 2.24. The number of nitrogens with one attached hydrogen (secondary N) is 1. The molecular formula is C11H10F2N2. The Hall–Kier alpha value is -1.47. The Balaban J connectivity index is 2.18. The lowest BCUT2D eigenvalue weighted by Gasteiger charge is -2.10. The molecule has 0 radical (unpaired) electrons. The molecule has 1 N–H and O–H groups in total. The average molecular weight is 208 g/mol. The standard InChI is InChI=1S/C11H10F2N2/c12-9-4-1-7(5-10(9)13)11(6-14)15-8-2-3-8/h1,4-5,8,11,15H,2-3H2. The van der Waals surface area contributed by atoms with Gasteiger partial charge in [0, 0.05) is 6.04 Å². The Kier molecular flexibility index (Phi) is 2.65. The van der Waals surface area contributed by atoms with Crippen LogP contribution in [-0.4, -0.2) is 6.04 Å². The van der Waals surface area contributed by atoms with Gasteiger partial charge in [-0.1, -0.05) is 6.07 Å². The molecule has 1 saturated carbocycles. The van der Waals surface area contributed by atoms with Crippen molar-refractivity contribution in [2.24, 2.45) is 0 Å². The van der Waals surface area contributed by atoms with Crippen LogP contribution in [0, 0.1) is 23.0 Å². The van der Waals surface area contributed by atoms with Gasteiger partial charge in [-0.15, -0.1) is 0 Å². The number of nitriles is 1. The molecule has 2 rings (SSSR count). The Morgan fingerprint density at radius 3 is 2.60 bits per heavy atom. The second-order valence-corrected chi connectivity index (χ2v) is 3.68. The summed E-state index contributed by atoms with van der Waals surface area (Å²) in [5, 5.41) is 11.9. The van der Waals surface area contributed by atoms with Crippen LogP contribution in [0.15, 0.2) is 18.2 Å². The monoisotopic (exact) mass is 208 g/mol. The molecule has 0 spiro atoms. The van der Waals surface area contributed by atoms with Crippen molar-refractivity contribution in [1.82, 2.24) is 5.32 Å². The van der Waals surface area contributed by atoms with Gasteiger partial charge in [0.1, 0.15) is 6.04 Å². The van der Waals surface area contributed by atoms with E-state index in [9.17, 15) is 8.78 Å². The van der Waals surface area contributed by atoms with Crippen molar-refractivity contribution in [3.63, 3.8) is 0 Å². The largest absolute Gasteiger partial charge is 0.295 e. The first kappa shape index (κ1) is 10.1. The van der Waals surface area contributed by atoms with Crippen LogP contribution in [0.1, 0.15) is 24.4 Å². The van der Waals surface area contributed by atoms with Gasteiger partial charge < -0.3 is 0 Å². The van der Waals surface area contributed by atoms with Crippen molar-refractivity contribution in [3.05, 3.63) is 35.4 Å². The van der Waals surface area contributed by atoms with Crippen LogP contribution in [0.25, 0.3) is 0 Å². The fraction of sp³-hybridized carbons (Fsp3) is 0.364. The van der Waals surface area contributed by atoms with Crippen molar-refractivity contribution in [1.29, 1.82) is 5.26 Å². The number of hydrogen-bond acceptors (Lipinski definition) is 2. The summed E-state index contributed by atoms with van der Waals surface area (Å²) in [6.07, 6.45) is 2.09. The average Bonchev–Trinajstić information content (AvgIpc) is 3.02. The zero-order valence-corrected chi connectivity index (χ0v) is 8.00. The fourth-order valence-electron chi connectivity index (χ4n) is 1.39. The lowest BCUT2D eigenvalue weighted by Crippen LogP contribution is -2.22. The van der Waals surface area contributed by atoms with Crippen LogP contribution < -0.4 is 5.32 Å². The van der Waals surface area contributed by atoms with Crippen molar-refractivity contribution in [3.8, 4) is 6.07 Å². The molecule has 1 aliphatic rings. The Morgan fingerprint density at radius 2 is 2.07 bits per heavy atom. The molecule has 1 fully saturated rings. The molecule has 78 valence electrons. The van der Waals surface area contributed by atoms with Crippen molar-refractivity contribution in [2.75, 3.05) is 0 Å². The Labute approximate surface area is 86.5 Å². The van der Waals surface area contributed by atoms with Crippen LogP contribution >= 0.6 is 0 Å². The van der Waals surface area contributed by atoms with Crippen LogP contribution in [0.2, 0.25) is 0 Å². The third-order valence-corrected chi connectivity index (χ3v) is 2.39. The highest BCUT2D eigenvalue weighted by molar-refractivity contribution is 5.26. The minimum absolute atomic E-state index is 0.350. The van der Waals surface area contributed by atoms with Gasteiger partial charge in [-0.05, 0) is 30.5 Å². The molecular weight excluding hydrogens is 198 g/mol. The van der Waals surface area contributed by atoms with E-state index in [4.69, 9.17) is 5.26 Å². The highest BCUT2D eigenvalue weighted by atomic mass is 19.2. The summed E-state index contributed by atoms with van der Waals surface area (Å²) >= 11 is 0. The molecule has 2 nitrogen and oxygen atoms in total. The number of nitrogens with zero attached hydrogens (tertiary/aromatic N) is 1. The highest BCUT2D eigenvalue weighted by Gasteiger charge is 2.25. The van der Waals surface area contributed by atoms with E-state index >= 15 is 0 Å². The maximum absolute atomic E-state index is 12.9. The predicted octanol–water partition coefficient (Wildman–Crippen LogP) is 2.28. The molecule has 0 bridgehead atoms. The fourth-order valence-corrected chi connectivity index (χ4v) is 1.39. The van der Waals surface area contributed by atoms with E-state index in [1.54, 1.807) is 0 Å². The SMILES string of the molecule is N#CC(NC1CC1)c1ccc(F)c(F)c1. The van der Waals surface area contributed by atoms with Crippen molar-refractivity contribution in [2.45, 2.75) is 24.9 Å². The number of hydrogen-bond donors (Lipinski definition) is 1. The molecule has 0 heterocycles. The van der Waals surface area contributed by atoms with E-state index in [2.05, 4.69) is 5.32 Å². The molecule has 0 saturated heterocycles. The lowest BCUT2D eigenvalue weighted by molar-refractivity contribution is 0.504. The molecule has 1 unspecified atom stereocenters. The Morgan fingerprint density at radius 1 is 1.33 bits per heavy atom. The minimum atomic E-state index is -0.912. The van der Waals surface area contributed by atoms with Gasteiger partial charge in [0.2, 0.25) is 0 Å². The maximum atomic E-state index is 12.9. The molecule has 1 aromatic rings. The van der Waals surface area contributed by atoms with Crippen molar-refractivity contribution >= 4 is 0 Å². The summed E-state index contributed by atoms with van der Waals surface area (Å²) in [5.41, 5.74) is 0.475. The van der Waals surface area contributed by atoms with Gasteiger partial charge in [0.25, 0.3) is 0 Å². The van der Waals surface area contributed by atoms with E-state index in [1.165, 1.54) is 6.07 Å². The second-order valence-electron chi connectivity index (χ2n) is 3.68. The number of rotatable bonds is 3. The molecule has 0 aromatic heterocycles. The van der Waals surface area contributed by atoms with Gasteiger partial charge in [0.05, 0.1) is 6.07 Å². The number of benzene rings is 1. The zero-order valence-electron chi connectivity index (χ0n) is 8.00. The van der Waals surface area contributed by atoms with E-state index < -0.39 is 17.7 Å². The lowest BCUT2D eigenvalue weighted by atomic mass is 10.1. The topological polar surface area (TPSA) is 35.8 Å². The smallest absolute Gasteiger partial charge is 0.159 e. The Bertz CT molecular complexity index is 408. The third kappa shape index (κ3) is 2.31. The molecule has 4 heteroatoms. The minimum Gasteiger partial charge on any atom is -0.295 e.